The monoisotopic (exact) mass is 153 g/mol. The number of halogens is 1. The molecule has 54 valence electrons. The molecule has 0 bridgehead atoms. The number of benzene rings is 1. The zero-order chi connectivity index (χ0) is 7.56. The maximum Gasteiger partial charge on any atom is 0.123 e. The van der Waals surface area contributed by atoms with Gasteiger partial charge in [0.15, 0.2) is 0 Å². The second-order valence-corrected chi connectivity index (χ2v) is 5.08. The van der Waals surface area contributed by atoms with E-state index < -0.39 is 8.80 Å². The molecule has 0 N–H and O–H groups in total. The summed E-state index contributed by atoms with van der Waals surface area (Å²) in [6, 6.07) is 6.77. The van der Waals surface area contributed by atoms with E-state index in [9.17, 15) is 4.39 Å². The van der Waals surface area contributed by atoms with Crippen LogP contribution in [0.5, 0.6) is 0 Å². The summed E-state index contributed by atoms with van der Waals surface area (Å²) in [6.45, 7) is 4.38. The molecule has 0 fully saturated rings. The second kappa shape index (κ2) is 2.97. The quantitative estimate of drug-likeness (QED) is 0.540. The van der Waals surface area contributed by atoms with E-state index in [1.165, 1.54) is 17.3 Å². The summed E-state index contributed by atoms with van der Waals surface area (Å²) < 4.78 is 12.4. The molecule has 0 amide bonds. The predicted octanol–water partition coefficient (Wildman–Crippen LogP) is 1.79. The fourth-order valence-corrected chi connectivity index (χ4v) is 1.62. The molecule has 1 aromatic carbocycles. The molecule has 0 radical (unpaired) electrons. The van der Waals surface area contributed by atoms with Crippen LogP contribution in [-0.4, -0.2) is 8.80 Å². The molecule has 0 aliphatic carbocycles. The van der Waals surface area contributed by atoms with Crippen LogP contribution < -0.4 is 5.19 Å². The van der Waals surface area contributed by atoms with Crippen LogP contribution in [0.1, 0.15) is 0 Å². The van der Waals surface area contributed by atoms with E-state index in [1.807, 2.05) is 12.1 Å². The van der Waals surface area contributed by atoms with Crippen LogP contribution in [-0.2, 0) is 0 Å². The van der Waals surface area contributed by atoms with Gasteiger partial charge in [0.25, 0.3) is 0 Å². The number of rotatable bonds is 1. The average Bonchev–Trinajstić information content (AvgIpc) is 1.88. The minimum absolute atomic E-state index is 0.146. The van der Waals surface area contributed by atoms with E-state index in [2.05, 4.69) is 13.1 Å². The molecule has 0 heterocycles. The number of hydrogen-bond acceptors (Lipinski definition) is 0. The topological polar surface area (TPSA) is 0 Å². The van der Waals surface area contributed by atoms with Crippen molar-refractivity contribution in [3.8, 4) is 0 Å². The van der Waals surface area contributed by atoms with Crippen molar-refractivity contribution in [3.63, 3.8) is 0 Å². The van der Waals surface area contributed by atoms with Crippen molar-refractivity contribution >= 4 is 14.0 Å². The van der Waals surface area contributed by atoms with Crippen molar-refractivity contribution in [2.24, 2.45) is 0 Å². The fourth-order valence-electron chi connectivity index (χ4n) is 0.783. The van der Waals surface area contributed by atoms with Gasteiger partial charge < -0.3 is 0 Å². The molecule has 0 spiro atoms. The van der Waals surface area contributed by atoms with E-state index in [1.54, 1.807) is 0 Å². The Labute approximate surface area is 62.3 Å². The van der Waals surface area contributed by atoms with Gasteiger partial charge in [-0.15, -0.1) is 0 Å². The highest BCUT2D eigenvalue weighted by Gasteiger charge is 1.86. The lowest BCUT2D eigenvalue weighted by Crippen LogP contribution is -2.21. The first-order chi connectivity index (χ1) is 4.70. The van der Waals surface area contributed by atoms with Crippen molar-refractivity contribution in [1.82, 2.24) is 0 Å². The van der Waals surface area contributed by atoms with Gasteiger partial charge in [-0.1, -0.05) is 12.1 Å². The van der Waals surface area contributed by atoms with E-state index in [-0.39, 0.29) is 5.82 Å². The zero-order valence-corrected chi connectivity index (χ0v) is 7.19. The first kappa shape index (κ1) is 7.47. The molecule has 0 aliphatic heterocycles. The Balaban J connectivity index is 2.89. The largest absolute Gasteiger partial charge is 0.292 e. The van der Waals surface area contributed by atoms with Crippen molar-refractivity contribution in [3.05, 3.63) is 30.1 Å². The summed E-state index contributed by atoms with van der Waals surface area (Å²) in [5.41, 5.74) is 0. The van der Waals surface area contributed by atoms with Gasteiger partial charge in [0.05, 0.1) is 0 Å². The molecular formula is C8H10FSi-. The van der Waals surface area contributed by atoms with Gasteiger partial charge in [-0.3, -0.25) is 8.80 Å². The van der Waals surface area contributed by atoms with Crippen LogP contribution in [0.3, 0.4) is 0 Å². The lowest BCUT2D eigenvalue weighted by Gasteiger charge is -2.17. The van der Waals surface area contributed by atoms with Crippen molar-refractivity contribution in [2.45, 2.75) is 13.1 Å². The Morgan fingerprint density at radius 3 is 2.00 bits per heavy atom. The molecule has 0 saturated heterocycles. The molecule has 2 heteroatoms. The standard InChI is InChI=1S/C8H10FSi/c1-10(2)8-5-3-7(9)4-6-8/h3-6H,1-2H3/q-1. The van der Waals surface area contributed by atoms with Gasteiger partial charge in [0.1, 0.15) is 5.82 Å². The fraction of sp³-hybridized carbons (Fsp3) is 0.250. The zero-order valence-electron chi connectivity index (χ0n) is 6.19. The summed E-state index contributed by atoms with van der Waals surface area (Å²) in [4.78, 5) is 0. The van der Waals surface area contributed by atoms with E-state index in [0.717, 1.165) is 0 Å². The molecule has 0 atom stereocenters. The normalized spacial score (nSPS) is 9.50. The van der Waals surface area contributed by atoms with Crippen LogP contribution in [0.15, 0.2) is 24.3 Å². The highest BCUT2D eigenvalue weighted by Crippen LogP contribution is 1.93. The molecule has 0 saturated carbocycles. The third-order valence-electron chi connectivity index (χ3n) is 1.42. The highest BCUT2D eigenvalue weighted by atomic mass is 28.3. The minimum atomic E-state index is -0.395. The van der Waals surface area contributed by atoms with Gasteiger partial charge in [-0.05, 0) is 12.1 Å². The Morgan fingerprint density at radius 2 is 1.60 bits per heavy atom. The highest BCUT2D eigenvalue weighted by molar-refractivity contribution is 6.70. The molecule has 1 rings (SSSR count). The maximum atomic E-state index is 12.4. The van der Waals surface area contributed by atoms with Crippen LogP contribution in [0.4, 0.5) is 4.39 Å². The Bertz CT molecular complexity index is 203. The minimum Gasteiger partial charge on any atom is -0.292 e. The Hall–Kier alpha value is -0.633. The first-order valence-corrected chi connectivity index (χ1v) is 5.76. The van der Waals surface area contributed by atoms with Gasteiger partial charge >= 0.3 is 0 Å². The molecule has 10 heavy (non-hydrogen) atoms. The maximum absolute atomic E-state index is 12.4. The van der Waals surface area contributed by atoms with Crippen LogP contribution >= 0.6 is 0 Å². The Kier molecular flexibility index (Phi) is 2.22. The van der Waals surface area contributed by atoms with Crippen LogP contribution in [0, 0.1) is 5.82 Å². The molecular weight excluding hydrogens is 143 g/mol. The van der Waals surface area contributed by atoms with E-state index in [0.29, 0.717) is 0 Å². The molecule has 0 nitrogen and oxygen atoms in total. The Morgan fingerprint density at radius 1 is 1.10 bits per heavy atom. The van der Waals surface area contributed by atoms with Gasteiger partial charge in [-0.25, -0.2) is 4.39 Å². The van der Waals surface area contributed by atoms with Crippen LogP contribution in [0.2, 0.25) is 13.1 Å². The summed E-state index contributed by atoms with van der Waals surface area (Å²) in [6.07, 6.45) is 0. The summed E-state index contributed by atoms with van der Waals surface area (Å²) in [5.74, 6) is -0.146. The van der Waals surface area contributed by atoms with Gasteiger partial charge in [-0.2, -0.15) is 18.3 Å². The summed E-state index contributed by atoms with van der Waals surface area (Å²) in [5, 5.41) is 1.28. The lowest BCUT2D eigenvalue weighted by molar-refractivity contribution is 0.628. The first-order valence-electron chi connectivity index (χ1n) is 3.26. The third-order valence-corrected chi connectivity index (χ3v) is 2.91. The van der Waals surface area contributed by atoms with Crippen molar-refractivity contribution in [2.75, 3.05) is 0 Å². The second-order valence-electron chi connectivity index (χ2n) is 2.51. The van der Waals surface area contributed by atoms with Gasteiger partial charge in [0.2, 0.25) is 0 Å². The summed E-state index contributed by atoms with van der Waals surface area (Å²) in [7, 11) is -0.395. The van der Waals surface area contributed by atoms with E-state index in [4.69, 9.17) is 0 Å². The lowest BCUT2D eigenvalue weighted by atomic mass is 10.3. The average molecular weight is 153 g/mol. The predicted molar refractivity (Wildman–Crippen MR) is 43.5 cm³/mol. The third kappa shape index (κ3) is 1.67. The number of hydrogen-bond donors (Lipinski definition) is 0. The smallest absolute Gasteiger partial charge is 0.123 e. The van der Waals surface area contributed by atoms with Crippen molar-refractivity contribution < 1.29 is 4.39 Å². The molecule has 0 aliphatic rings. The summed E-state index contributed by atoms with van der Waals surface area (Å²) >= 11 is 0. The molecule has 1 aromatic rings. The molecule has 0 unspecified atom stereocenters. The van der Waals surface area contributed by atoms with Gasteiger partial charge in [0, 0.05) is 0 Å². The van der Waals surface area contributed by atoms with Crippen LogP contribution in [0.25, 0.3) is 0 Å². The van der Waals surface area contributed by atoms with E-state index >= 15 is 0 Å². The molecule has 0 aromatic heterocycles. The van der Waals surface area contributed by atoms with Crippen molar-refractivity contribution in [1.29, 1.82) is 0 Å². The SMILES string of the molecule is C[Si-](C)c1ccc(F)cc1.